The first-order valence-electron chi connectivity index (χ1n) is 3.47. The molecule has 0 saturated carbocycles. The quantitative estimate of drug-likeness (QED) is 0.592. The molecule has 1 heterocycles. The highest BCUT2D eigenvalue weighted by molar-refractivity contribution is 9.08. The molecule has 0 amide bonds. The van der Waals surface area contributed by atoms with Gasteiger partial charge in [0, 0.05) is 11.5 Å². The van der Waals surface area contributed by atoms with Crippen molar-refractivity contribution in [3.8, 4) is 0 Å². The molecule has 0 aliphatic carbocycles. The largest absolute Gasteiger partial charge is 0.464 e. The third kappa shape index (κ3) is 2.24. The summed E-state index contributed by atoms with van der Waals surface area (Å²) < 4.78 is 17.4. The predicted molar refractivity (Wildman–Crippen MR) is 48.2 cm³/mol. The van der Waals surface area contributed by atoms with Crippen LogP contribution in [-0.4, -0.2) is 18.1 Å². The molecule has 0 bridgehead atoms. The number of carbonyl (C=O) groups excluding carboxylic acids is 1. The van der Waals surface area contributed by atoms with E-state index in [-0.39, 0.29) is 5.69 Å². The highest BCUT2D eigenvalue weighted by Crippen LogP contribution is 2.10. The second-order valence-electron chi connectivity index (χ2n) is 2.30. The number of hydrogen-bond donors (Lipinski definition) is 0. The minimum atomic E-state index is -0.765. The van der Waals surface area contributed by atoms with Crippen molar-refractivity contribution in [2.75, 3.05) is 7.11 Å². The fourth-order valence-corrected chi connectivity index (χ4v) is 1.10. The van der Waals surface area contributed by atoms with E-state index < -0.39 is 11.8 Å². The minimum Gasteiger partial charge on any atom is -0.464 e. The Morgan fingerprint density at radius 2 is 2.46 bits per heavy atom. The number of nitrogens with zero attached hydrogens (tertiary/aromatic N) is 1. The van der Waals surface area contributed by atoms with Crippen molar-refractivity contribution in [2.45, 2.75) is 5.33 Å². The third-order valence-corrected chi connectivity index (χ3v) is 2.08. The summed E-state index contributed by atoms with van der Waals surface area (Å²) in [5.41, 5.74) is 0.386. The summed E-state index contributed by atoms with van der Waals surface area (Å²) in [4.78, 5) is 14.5. The number of alkyl halides is 1. The van der Waals surface area contributed by atoms with Gasteiger partial charge in [0.1, 0.15) is 0 Å². The average Bonchev–Trinajstić information content (AvgIpc) is 2.16. The Bertz CT molecular complexity index is 330. The second-order valence-corrected chi connectivity index (χ2v) is 2.86. The Morgan fingerprint density at radius 1 is 1.77 bits per heavy atom. The van der Waals surface area contributed by atoms with Gasteiger partial charge in [0.05, 0.1) is 7.11 Å². The first-order valence-corrected chi connectivity index (χ1v) is 4.60. The van der Waals surface area contributed by atoms with Crippen molar-refractivity contribution < 1.29 is 13.9 Å². The molecule has 5 heteroatoms. The van der Waals surface area contributed by atoms with Crippen LogP contribution in [0.15, 0.2) is 12.3 Å². The first kappa shape index (κ1) is 10.1. The number of halogens is 2. The van der Waals surface area contributed by atoms with Crippen LogP contribution < -0.4 is 0 Å². The molecule has 0 N–H and O–H groups in total. The Morgan fingerprint density at radius 3 is 2.92 bits per heavy atom. The number of ether oxygens (including phenoxy) is 1. The van der Waals surface area contributed by atoms with E-state index in [1.807, 2.05) is 0 Å². The van der Waals surface area contributed by atoms with Gasteiger partial charge in [0.2, 0.25) is 0 Å². The molecule has 0 unspecified atom stereocenters. The van der Waals surface area contributed by atoms with Gasteiger partial charge in [0.25, 0.3) is 0 Å². The fourth-order valence-electron chi connectivity index (χ4n) is 0.797. The predicted octanol–water partition coefficient (Wildman–Crippen LogP) is 1.90. The number of carbonyl (C=O) groups is 1. The molecule has 0 aliphatic rings. The van der Waals surface area contributed by atoms with Crippen LogP contribution >= 0.6 is 15.9 Å². The number of rotatable bonds is 2. The normalized spacial score (nSPS) is 9.77. The lowest BCUT2D eigenvalue weighted by Crippen LogP contribution is -2.07. The van der Waals surface area contributed by atoms with Crippen molar-refractivity contribution in [3.63, 3.8) is 0 Å². The molecule has 1 aromatic heterocycles. The summed E-state index contributed by atoms with van der Waals surface area (Å²) >= 11 is 3.15. The molecule has 0 atom stereocenters. The van der Waals surface area contributed by atoms with Crippen molar-refractivity contribution in [1.82, 2.24) is 4.98 Å². The maximum atomic E-state index is 13.1. The van der Waals surface area contributed by atoms with E-state index in [4.69, 9.17) is 0 Å². The Labute approximate surface area is 83.1 Å². The smallest absolute Gasteiger partial charge is 0.359 e. The van der Waals surface area contributed by atoms with Gasteiger partial charge in [-0.15, -0.1) is 0 Å². The summed E-state index contributed by atoms with van der Waals surface area (Å²) in [5.74, 6) is -1.43. The molecular weight excluding hydrogens is 241 g/mol. The van der Waals surface area contributed by atoms with Gasteiger partial charge in [-0.1, -0.05) is 15.9 Å². The van der Waals surface area contributed by atoms with Gasteiger partial charge in [-0.05, 0) is 11.6 Å². The summed E-state index contributed by atoms with van der Waals surface area (Å²) in [6.45, 7) is 0. The van der Waals surface area contributed by atoms with Gasteiger partial charge >= 0.3 is 5.97 Å². The van der Waals surface area contributed by atoms with Crippen LogP contribution in [-0.2, 0) is 10.1 Å². The lowest BCUT2D eigenvalue weighted by atomic mass is 10.2. The molecule has 0 aliphatic heterocycles. The van der Waals surface area contributed by atoms with Crippen LogP contribution in [0.3, 0.4) is 0 Å². The fraction of sp³-hybridized carbons (Fsp3) is 0.250. The SMILES string of the molecule is COC(=O)c1ncc(CBr)cc1F. The molecule has 70 valence electrons. The Balaban J connectivity index is 3.05. The van der Waals surface area contributed by atoms with E-state index in [2.05, 4.69) is 25.7 Å². The van der Waals surface area contributed by atoms with Crippen molar-refractivity contribution in [1.29, 1.82) is 0 Å². The van der Waals surface area contributed by atoms with Gasteiger partial charge in [-0.2, -0.15) is 0 Å². The summed E-state index contributed by atoms with van der Waals surface area (Å²) in [5, 5.41) is 0.498. The lowest BCUT2D eigenvalue weighted by molar-refractivity contribution is 0.0588. The molecule has 0 radical (unpaired) electrons. The summed E-state index contributed by atoms with van der Waals surface area (Å²) in [6.07, 6.45) is 1.42. The van der Waals surface area contributed by atoms with Gasteiger partial charge in [-0.3, -0.25) is 0 Å². The molecule has 13 heavy (non-hydrogen) atoms. The first-order chi connectivity index (χ1) is 6.19. The van der Waals surface area contributed by atoms with Crippen molar-refractivity contribution in [2.24, 2.45) is 0 Å². The molecule has 0 aromatic carbocycles. The summed E-state index contributed by atoms with van der Waals surface area (Å²) in [7, 11) is 1.18. The average molecular weight is 248 g/mol. The van der Waals surface area contributed by atoms with E-state index in [0.717, 1.165) is 0 Å². The van der Waals surface area contributed by atoms with E-state index in [0.29, 0.717) is 10.9 Å². The van der Waals surface area contributed by atoms with Gasteiger partial charge in [-0.25, -0.2) is 14.2 Å². The summed E-state index contributed by atoms with van der Waals surface area (Å²) in [6, 6.07) is 1.24. The van der Waals surface area contributed by atoms with Crippen LogP contribution in [0, 0.1) is 5.82 Å². The van der Waals surface area contributed by atoms with Crippen LogP contribution in [0.4, 0.5) is 4.39 Å². The van der Waals surface area contributed by atoms with Gasteiger partial charge < -0.3 is 4.74 Å². The number of pyridine rings is 1. The Kier molecular flexibility index (Phi) is 3.36. The Hall–Kier alpha value is -0.970. The molecule has 3 nitrogen and oxygen atoms in total. The highest BCUT2D eigenvalue weighted by Gasteiger charge is 2.13. The monoisotopic (exact) mass is 247 g/mol. The zero-order valence-corrected chi connectivity index (χ0v) is 8.47. The highest BCUT2D eigenvalue weighted by atomic mass is 79.9. The number of methoxy groups -OCH3 is 1. The minimum absolute atomic E-state index is 0.285. The molecule has 0 fully saturated rings. The zero-order chi connectivity index (χ0) is 9.84. The number of esters is 1. The van der Waals surface area contributed by atoms with E-state index in [1.54, 1.807) is 0 Å². The second kappa shape index (κ2) is 4.32. The van der Waals surface area contributed by atoms with Crippen molar-refractivity contribution in [3.05, 3.63) is 29.3 Å². The lowest BCUT2D eigenvalue weighted by Gasteiger charge is -2.00. The maximum Gasteiger partial charge on any atom is 0.359 e. The van der Waals surface area contributed by atoms with Crippen LogP contribution in [0.5, 0.6) is 0 Å². The van der Waals surface area contributed by atoms with Crippen LogP contribution in [0.1, 0.15) is 16.1 Å². The molecule has 0 saturated heterocycles. The number of aromatic nitrogens is 1. The van der Waals surface area contributed by atoms with E-state index >= 15 is 0 Å². The topological polar surface area (TPSA) is 39.2 Å². The molecule has 1 aromatic rings. The maximum absolute atomic E-state index is 13.1. The standard InChI is InChI=1S/C8H7BrFNO2/c1-13-8(12)7-6(10)2-5(3-9)4-11-7/h2,4H,3H2,1H3. The molecular formula is C8H7BrFNO2. The third-order valence-electron chi connectivity index (χ3n) is 1.43. The molecule has 0 spiro atoms. The van der Waals surface area contributed by atoms with Crippen LogP contribution in [0.2, 0.25) is 0 Å². The van der Waals surface area contributed by atoms with Crippen molar-refractivity contribution >= 4 is 21.9 Å². The van der Waals surface area contributed by atoms with Gasteiger partial charge in [0.15, 0.2) is 11.5 Å². The zero-order valence-electron chi connectivity index (χ0n) is 6.88. The van der Waals surface area contributed by atoms with E-state index in [1.165, 1.54) is 19.4 Å². The van der Waals surface area contributed by atoms with E-state index in [9.17, 15) is 9.18 Å². The molecule has 1 rings (SSSR count). The van der Waals surface area contributed by atoms with Crippen LogP contribution in [0.25, 0.3) is 0 Å². The number of hydrogen-bond acceptors (Lipinski definition) is 3.